The van der Waals surface area contributed by atoms with Gasteiger partial charge in [-0.3, -0.25) is 14.6 Å². The van der Waals surface area contributed by atoms with Crippen molar-refractivity contribution >= 4 is 33.3 Å². The maximum Gasteiger partial charge on any atom is 0.299 e. The molecule has 4 nitrogen and oxygen atoms in total. The van der Waals surface area contributed by atoms with E-state index in [0.29, 0.717) is 18.5 Å². The van der Waals surface area contributed by atoms with Gasteiger partial charge in [-0.05, 0) is 36.8 Å². The fraction of sp³-hybridized carbons (Fsp3) is 0.188. The van der Waals surface area contributed by atoms with E-state index in [2.05, 4.69) is 20.9 Å². The summed E-state index contributed by atoms with van der Waals surface area (Å²) in [7, 11) is 0. The molecule has 5 heteroatoms. The summed E-state index contributed by atoms with van der Waals surface area (Å²) in [6.45, 7) is 2.36. The molecule has 0 aliphatic carbocycles. The molecule has 0 atom stereocenters. The average Bonchev–Trinajstić information content (AvgIpc) is 2.71. The Morgan fingerprint density at radius 1 is 1.24 bits per heavy atom. The van der Waals surface area contributed by atoms with Crippen molar-refractivity contribution in [3.8, 4) is 0 Å². The van der Waals surface area contributed by atoms with Crippen LogP contribution in [0, 0.1) is 6.92 Å². The molecule has 0 saturated carbocycles. The molecule has 0 fully saturated rings. The number of carbonyl (C=O) groups excluding carboxylic acids is 2. The number of benzene rings is 1. The van der Waals surface area contributed by atoms with Crippen LogP contribution in [0.5, 0.6) is 0 Å². The van der Waals surface area contributed by atoms with Crippen LogP contribution in [0.1, 0.15) is 21.6 Å². The van der Waals surface area contributed by atoms with Crippen LogP contribution in [-0.2, 0) is 11.2 Å². The lowest BCUT2D eigenvalue weighted by molar-refractivity contribution is -0.114. The second-order valence-corrected chi connectivity index (χ2v) is 5.89. The number of nitrogens with zero attached hydrogens (tertiary/aromatic N) is 2. The quantitative estimate of drug-likeness (QED) is 0.804. The fourth-order valence-corrected chi connectivity index (χ4v) is 3.16. The minimum atomic E-state index is -0.456. The molecule has 0 unspecified atom stereocenters. The molecule has 0 saturated heterocycles. The molecule has 0 N–H and O–H groups in total. The first-order chi connectivity index (χ1) is 10.1. The van der Waals surface area contributed by atoms with Gasteiger partial charge in [-0.1, -0.05) is 22.0 Å². The Morgan fingerprint density at radius 3 is 2.76 bits per heavy atom. The van der Waals surface area contributed by atoms with Gasteiger partial charge in [0.05, 0.1) is 11.3 Å². The van der Waals surface area contributed by atoms with Crippen molar-refractivity contribution < 1.29 is 9.59 Å². The smallest absolute Gasteiger partial charge is 0.299 e. The van der Waals surface area contributed by atoms with Crippen LogP contribution in [0.2, 0.25) is 0 Å². The maximum atomic E-state index is 12.2. The molecule has 1 aromatic heterocycles. The lowest BCUT2D eigenvalue weighted by atomic mass is 10.1. The molecule has 0 bridgehead atoms. The highest BCUT2D eigenvalue weighted by atomic mass is 79.9. The summed E-state index contributed by atoms with van der Waals surface area (Å²) in [5.74, 6) is -0.891. The predicted octanol–water partition coefficient (Wildman–Crippen LogP) is 2.92. The maximum absolute atomic E-state index is 12.2. The summed E-state index contributed by atoms with van der Waals surface area (Å²) >= 11 is 3.37. The van der Waals surface area contributed by atoms with Crippen molar-refractivity contribution in [2.45, 2.75) is 13.3 Å². The van der Waals surface area contributed by atoms with Crippen molar-refractivity contribution in [2.75, 3.05) is 11.4 Å². The van der Waals surface area contributed by atoms with Crippen LogP contribution in [0.15, 0.2) is 41.0 Å². The molecule has 106 valence electrons. The Morgan fingerprint density at radius 2 is 2.05 bits per heavy atom. The number of halogens is 1. The molecule has 0 radical (unpaired) electrons. The van der Waals surface area contributed by atoms with E-state index in [1.54, 1.807) is 17.2 Å². The number of amides is 1. The number of ketones is 1. The molecule has 0 spiro atoms. The topological polar surface area (TPSA) is 50.3 Å². The Kier molecular flexibility index (Phi) is 3.59. The number of hydrogen-bond acceptors (Lipinski definition) is 3. The minimum absolute atomic E-state index is 0.435. The lowest BCUT2D eigenvalue weighted by Crippen LogP contribution is -2.32. The van der Waals surface area contributed by atoms with Gasteiger partial charge in [0.25, 0.3) is 11.7 Å². The van der Waals surface area contributed by atoms with Crippen molar-refractivity contribution in [1.29, 1.82) is 0 Å². The van der Waals surface area contributed by atoms with Crippen LogP contribution < -0.4 is 4.90 Å². The number of anilines is 1. The van der Waals surface area contributed by atoms with Gasteiger partial charge < -0.3 is 4.90 Å². The van der Waals surface area contributed by atoms with Gasteiger partial charge in [0, 0.05) is 29.3 Å². The number of aryl methyl sites for hydroxylation is 1. The molecule has 1 amide bonds. The first kappa shape index (κ1) is 13.9. The Labute approximate surface area is 130 Å². The average molecular weight is 345 g/mol. The molecular formula is C16H13BrN2O2. The van der Waals surface area contributed by atoms with Gasteiger partial charge in [0.15, 0.2) is 0 Å². The van der Waals surface area contributed by atoms with Gasteiger partial charge in [0.1, 0.15) is 0 Å². The highest BCUT2D eigenvalue weighted by molar-refractivity contribution is 9.10. The zero-order valence-electron chi connectivity index (χ0n) is 11.5. The van der Waals surface area contributed by atoms with Crippen LogP contribution >= 0.6 is 15.9 Å². The third kappa shape index (κ3) is 2.49. The van der Waals surface area contributed by atoms with E-state index in [9.17, 15) is 9.59 Å². The summed E-state index contributed by atoms with van der Waals surface area (Å²) < 4.78 is 0.812. The first-order valence-electron chi connectivity index (χ1n) is 6.64. The number of Topliss-reactive ketones (excluding diaryl/α,β-unsaturated/α-hetero) is 1. The highest BCUT2D eigenvalue weighted by Crippen LogP contribution is 2.34. The van der Waals surface area contributed by atoms with Gasteiger partial charge in [0.2, 0.25) is 0 Å². The molecule has 1 aliphatic heterocycles. The predicted molar refractivity (Wildman–Crippen MR) is 83.5 cm³/mol. The molecule has 2 aromatic rings. The van der Waals surface area contributed by atoms with Gasteiger partial charge >= 0.3 is 0 Å². The zero-order chi connectivity index (χ0) is 15.0. The summed E-state index contributed by atoms with van der Waals surface area (Å²) in [6, 6.07) is 9.31. The van der Waals surface area contributed by atoms with E-state index in [1.165, 1.54) is 0 Å². The molecule has 1 aromatic carbocycles. The van der Waals surface area contributed by atoms with Crippen LogP contribution in [0.3, 0.4) is 0 Å². The van der Waals surface area contributed by atoms with Gasteiger partial charge in [-0.15, -0.1) is 0 Å². The second kappa shape index (κ2) is 5.41. The Hall–Kier alpha value is -2.01. The monoisotopic (exact) mass is 344 g/mol. The minimum Gasteiger partial charge on any atom is -0.304 e. The number of carbonyl (C=O) groups is 2. The van der Waals surface area contributed by atoms with Crippen LogP contribution in [-0.4, -0.2) is 23.2 Å². The largest absolute Gasteiger partial charge is 0.304 e. The third-order valence-corrected chi connectivity index (χ3v) is 3.99. The van der Waals surface area contributed by atoms with Crippen molar-refractivity contribution in [2.24, 2.45) is 0 Å². The van der Waals surface area contributed by atoms with Gasteiger partial charge in [-0.25, -0.2) is 0 Å². The number of fused-ring (bicyclic) bond motifs is 1. The van der Waals surface area contributed by atoms with E-state index in [-0.39, 0.29) is 0 Å². The standard InChI is InChI=1S/C16H13BrN2O2/c1-10-8-11(17)9-13-14(10)19(16(21)15(13)20)7-5-12-4-2-3-6-18-12/h2-4,6,8-9H,5,7H2,1H3. The van der Waals surface area contributed by atoms with E-state index >= 15 is 0 Å². The normalized spacial score (nSPS) is 13.7. The number of rotatable bonds is 3. The molecule has 2 heterocycles. The van der Waals surface area contributed by atoms with E-state index in [1.807, 2.05) is 31.2 Å². The lowest BCUT2D eigenvalue weighted by Gasteiger charge is -2.18. The number of hydrogen-bond donors (Lipinski definition) is 0. The van der Waals surface area contributed by atoms with Gasteiger partial charge in [-0.2, -0.15) is 0 Å². The fourth-order valence-electron chi connectivity index (χ4n) is 2.59. The van der Waals surface area contributed by atoms with Crippen molar-refractivity contribution in [3.63, 3.8) is 0 Å². The molecule has 21 heavy (non-hydrogen) atoms. The summed E-state index contributed by atoms with van der Waals surface area (Å²) in [5.41, 5.74) is 3.03. The van der Waals surface area contributed by atoms with Crippen molar-refractivity contribution in [1.82, 2.24) is 4.98 Å². The Bertz CT molecular complexity index is 729. The van der Waals surface area contributed by atoms with E-state index < -0.39 is 11.7 Å². The second-order valence-electron chi connectivity index (χ2n) is 4.98. The number of aromatic nitrogens is 1. The Balaban J connectivity index is 1.91. The van der Waals surface area contributed by atoms with Crippen LogP contribution in [0.4, 0.5) is 5.69 Å². The summed E-state index contributed by atoms with van der Waals surface area (Å²) in [6.07, 6.45) is 2.34. The number of pyridine rings is 1. The molecule has 3 rings (SSSR count). The summed E-state index contributed by atoms with van der Waals surface area (Å²) in [4.78, 5) is 30.1. The van der Waals surface area contributed by atoms with Crippen molar-refractivity contribution in [3.05, 3.63) is 57.8 Å². The molecule has 1 aliphatic rings. The summed E-state index contributed by atoms with van der Waals surface area (Å²) in [5, 5.41) is 0. The SMILES string of the molecule is Cc1cc(Br)cc2c1N(CCc1ccccn1)C(=O)C2=O. The third-order valence-electron chi connectivity index (χ3n) is 3.54. The molecular weight excluding hydrogens is 332 g/mol. The highest BCUT2D eigenvalue weighted by Gasteiger charge is 2.36. The first-order valence-corrected chi connectivity index (χ1v) is 7.43. The van der Waals surface area contributed by atoms with E-state index in [0.717, 1.165) is 21.4 Å². The van der Waals surface area contributed by atoms with Crippen LogP contribution in [0.25, 0.3) is 0 Å². The zero-order valence-corrected chi connectivity index (χ0v) is 13.1. The van der Waals surface area contributed by atoms with E-state index in [4.69, 9.17) is 0 Å².